The van der Waals surface area contributed by atoms with E-state index >= 15 is 0 Å². The van der Waals surface area contributed by atoms with E-state index in [0.717, 1.165) is 35.1 Å². The number of hydrazone groups is 1. The highest BCUT2D eigenvalue weighted by Crippen LogP contribution is 2.33. The zero-order chi connectivity index (χ0) is 20.3. The highest BCUT2D eigenvalue weighted by atomic mass is 32.2. The molecule has 2 aliphatic rings. The van der Waals surface area contributed by atoms with Gasteiger partial charge >= 0.3 is 0 Å². The molecule has 1 N–H and O–H groups in total. The number of carbonyl (C=O) groups excluding carboxylic acids is 1. The maximum Gasteiger partial charge on any atom is 0.253 e. The lowest BCUT2D eigenvalue weighted by Gasteiger charge is -2.21. The summed E-state index contributed by atoms with van der Waals surface area (Å²) in [6.07, 6.45) is 0.706. The van der Waals surface area contributed by atoms with E-state index in [9.17, 15) is 4.79 Å². The zero-order valence-corrected chi connectivity index (χ0v) is 17.3. The number of amides is 1. The first-order chi connectivity index (χ1) is 14.8. The number of carbonyl (C=O) groups is 1. The molecule has 3 aromatic carbocycles. The first-order valence-electron chi connectivity index (χ1n) is 10.1. The highest BCUT2D eigenvalue weighted by molar-refractivity contribution is 8.14. The molecule has 0 saturated carbocycles. The monoisotopic (exact) mass is 414 g/mol. The molecule has 0 radical (unpaired) electrons. The first-order valence-corrected chi connectivity index (χ1v) is 11.1. The Hall–Kier alpha value is -3.12. The van der Waals surface area contributed by atoms with Crippen LogP contribution in [0.2, 0.25) is 0 Å². The van der Waals surface area contributed by atoms with Crippen LogP contribution >= 0.6 is 11.8 Å². The summed E-state index contributed by atoms with van der Waals surface area (Å²) in [6, 6.07) is 24.8. The van der Waals surface area contributed by atoms with E-state index in [-0.39, 0.29) is 11.9 Å². The Bertz CT molecular complexity index is 1140. The fraction of sp³-hybridized carbons (Fsp3) is 0.208. The average Bonchev–Trinajstić information content (AvgIpc) is 3.48. The lowest BCUT2D eigenvalue weighted by Crippen LogP contribution is -2.29. The van der Waals surface area contributed by atoms with Gasteiger partial charge in [-0.3, -0.25) is 9.79 Å². The second-order valence-corrected chi connectivity index (χ2v) is 8.34. The largest absolute Gasteiger partial charge is 0.363 e. The topological polar surface area (TPSA) is 57.1 Å². The van der Waals surface area contributed by atoms with E-state index in [1.165, 1.54) is 22.5 Å². The molecule has 2 aliphatic heterocycles. The molecule has 6 heteroatoms. The molecule has 1 amide bonds. The molecule has 0 saturated heterocycles. The molecule has 0 unspecified atom stereocenters. The molecular weight excluding hydrogens is 392 g/mol. The number of benzene rings is 3. The number of hydrogen-bond acceptors (Lipinski definition) is 5. The number of fused-ring (bicyclic) bond motifs is 1. The van der Waals surface area contributed by atoms with E-state index in [2.05, 4.69) is 52.8 Å². The maximum absolute atomic E-state index is 13.1. The molecule has 2 heterocycles. The third-order valence-electron chi connectivity index (χ3n) is 5.41. The summed E-state index contributed by atoms with van der Waals surface area (Å²) in [6.45, 7) is 1.62. The van der Waals surface area contributed by atoms with Gasteiger partial charge in [0.1, 0.15) is 0 Å². The number of hydrogen-bond donors (Lipinski definition) is 1. The molecule has 0 aromatic heterocycles. The Labute approximate surface area is 179 Å². The SMILES string of the molecule is O=C(CSC1=NCCN1)N1N=C(c2ccc3ccccc3c2)C[C@@H]1c1ccccc1. The summed E-state index contributed by atoms with van der Waals surface area (Å²) in [5.74, 6) is 0.324. The van der Waals surface area contributed by atoms with Gasteiger partial charge in [0.05, 0.1) is 24.1 Å². The number of amidine groups is 1. The molecule has 5 rings (SSSR count). The third kappa shape index (κ3) is 3.83. The second kappa shape index (κ2) is 8.32. The van der Waals surface area contributed by atoms with E-state index in [1.807, 2.05) is 30.3 Å². The van der Waals surface area contributed by atoms with Gasteiger partial charge in [-0.15, -0.1) is 0 Å². The average molecular weight is 415 g/mol. The highest BCUT2D eigenvalue weighted by Gasteiger charge is 2.33. The molecule has 0 spiro atoms. The van der Waals surface area contributed by atoms with Gasteiger partial charge in [0, 0.05) is 13.0 Å². The van der Waals surface area contributed by atoms with Gasteiger partial charge in [0.2, 0.25) is 0 Å². The molecule has 0 bridgehead atoms. The van der Waals surface area contributed by atoms with E-state index in [0.29, 0.717) is 12.2 Å². The molecule has 0 aliphatic carbocycles. The zero-order valence-electron chi connectivity index (χ0n) is 16.5. The Balaban J connectivity index is 1.43. The second-order valence-electron chi connectivity index (χ2n) is 7.38. The third-order valence-corrected chi connectivity index (χ3v) is 6.35. The van der Waals surface area contributed by atoms with E-state index < -0.39 is 0 Å². The lowest BCUT2D eigenvalue weighted by molar-refractivity contribution is -0.130. The van der Waals surface area contributed by atoms with Crippen LogP contribution in [0.4, 0.5) is 0 Å². The predicted octanol–water partition coefficient (Wildman–Crippen LogP) is 4.21. The molecule has 3 aromatic rings. The van der Waals surface area contributed by atoms with Gasteiger partial charge in [0.15, 0.2) is 5.17 Å². The Morgan fingerprint density at radius 3 is 2.63 bits per heavy atom. The molecule has 5 nitrogen and oxygen atoms in total. The minimum Gasteiger partial charge on any atom is -0.363 e. The molecule has 150 valence electrons. The number of rotatable bonds is 4. The summed E-state index contributed by atoms with van der Waals surface area (Å²) < 4.78 is 0. The Morgan fingerprint density at radius 2 is 1.83 bits per heavy atom. The number of aliphatic imine (C=N–C) groups is 1. The van der Waals surface area contributed by atoms with Crippen LogP contribution in [-0.2, 0) is 4.79 Å². The van der Waals surface area contributed by atoms with Gasteiger partial charge in [-0.2, -0.15) is 5.10 Å². The van der Waals surface area contributed by atoms with Crippen molar-refractivity contribution >= 4 is 39.3 Å². The smallest absolute Gasteiger partial charge is 0.253 e. The minimum absolute atomic E-state index is 0.000965. The van der Waals surface area contributed by atoms with Crippen LogP contribution in [0.15, 0.2) is 82.9 Å². The van der Waals surface area contributed by atoms with E-state index in [4.69, 9.17) is 5.10 Å². The lowest BCUT2D eigenvalue weighted by atomic mass is 9.97. The van der Waals surface area contributed by atoms with Crippen molar-refractivity contribution in [1.82, 2.24) is 10.3 Å². The fourth-order valence-corrected chi connectivity index (χ4v) is 4.67. The predicted molar refractivity (Wildman–Crippen MR) is 124 cm³/mol. The van der Waals surface area contributed by atoms with Crippen molar-refractivity contribution in [2.75, 3.05) is 18.8 Å². The van der Waals surface area contributed by atoms with Gasteiger partial charge in [0.25, 0.3) is 5.91 Å². The summed E-state index contributed by atoms with van der Waals surface area (Å²) in [5, 5.41) is 12.9. The Morgan fingerprint density at radius 1 is 1.03 bits per heavy atom. The van der Waals surface area contributed by atoms with Crippen molar-refractivity contribution in [3.8, 4) is 0 Å². The molecule has 0 fully saturated rings. The van der Waals surface area contributed by atoms with Gasteiger partial charge in [-0.1, -0.05) is 78.5 Å². The summed E-state index contributed by atoms with van der Waals surface area (Å²) >= 11 is 1.45. The van der Waals surface area contributed by atoms with Crippen LogP contribution < -0.4 is 5.32 Å². The van der Waals surface area contributed by atoms with Crippen molar-refractivity contribution in [3.05, 3.63) is 83.9 Å². The van der Waals surface area contributed by atoms with Crippen molar-refractivity contribution in [1.29, 1.82) is 0 Å². The van der Waals surface area contributed by atoms with Crippen LogP contribution in [0, 0.1) is 0 Å². The van der Waals surface area contributed by atoms with Crippen molar-refractivity contribution in [3.63, 3.8) is 0 Å². The Kier molecular flexibility index (Phi) is 5.24. The fourth-order valence-electron chi connectivity index (χ4n) is 3.89. The van der Waals surface area contributed by atoms with Crippen LogP contribution in [0.25, 0.3) is 10.8 Å². The summed E-state index contributed by atoms with van der Waals surface area (Å²) in [5.41, 5.74) is 3.12. The van der Waals surface area contributed by atoms with Gasteiger partial charge in [-0.25, -0.2) is 5.01 Å². The van der Waals surface area contributed by atoms with Crippen LogP contribution in [0.1, 0.15) is 23.6 Å². The van der Waals surface area contributed by atoms with Crippen LogP contribution in [0.3, 0.4) is 0 Å². The number of nitrogens with one attached hydrogen (secondary N) is 1. The maximum atomic E-state index is 13.1. The molecule has 1 atom stereocenters. The molecular formula is C24H22N4OS. The normalized spacial score (nSPS) is 18.3. The summed E-state index contributed by atoms with van der Waals surface area (Å²) in [7, 11) is 0. The number of thioether (sulfide) groups is 1. The van der Waals surface area contributed by atoms with Crippen LogP contribution in [-0.4, -0.2) is 40.6 Å². The van der Waals surface area contributed by atoms with Crippen molar-refractivity contribution < 1.29 is 4.79 Å². The van der Waals surface area contributed by atoms with Gasteiger partial charge < -0.3 is 5.32 Å². The van der Waals surface area contributed by atoms with Gasteiger partial charge in [-0.05, 0) is 28.0 Å². The molecule has 30 heavy (non-hydrogen) atoms. The van der Waals surface area contributed by atoms with Crippen molar-refractivity contribution in [2.45, 2.75) is 12.5 Å². The quantitative estimate of drug-likeness (QED) is 0.696. The standard InChI is InChI=1S/C24H22N4OS/c29-23(16-30-24-25-12-13-26-24)28-22(18-7-2-1-3-8-18)15-21(27-28)20-11-10-17-6-4-5-9-19(17)14-20/h1-11,14,22H,12-13,15-16H2,(H,25,26)/t22-/m1/s1. The first kappa shape index (κ1) is 18.9. The minimum atomic E-state index is -0.0840. The van der Waals surface area contributed by atoms with E-state index in [1.54, 1.807) is 5.01 Å². The summed E-state index contributed by atoms with van der Waals surface area (Å²) in [4.78, 5) is 17.5. The van der Waals surface area contributed by atoms with Crippen molar-refractivity contribution in [2.24, 2.45) is 10.1 Å². The number of nitrogens with zero attached hydrogens (tertiary/aromatic N) is 3. The van der Waals surface area contributed by atoms with Crippen LogP contribution in [0.5, 0.6) is 0 Å².